The average Bonchev–Trinajstić information content (AvgIpc) is 2.99. The van der Waals surface area contributed by atoms with Crippen LogP contribution in [0.15, 0.2) is 70.1 Å². The smallest absolute Gasteiger partial charge is 0.338 e. The number of benzene rings is 3. The van der Waals surface area contributed by atoms with Gasteiger partial charge in [-0.1, -0.05) is 51.3 Å². The maximum atomic E-state index is 13.3. The average molecular weight is 626 g/mol. The highest BCUT2D eigenvalue weighted by molar-refractivity contribution is 6.08. The van der Waals surface area contributed by atoms with Gasteiger partial charge in [0.2, 0.25) is 0 Å². The van der Waals surface area contributed by atoms with E-state index in [1.54, 1.807) is 0 Å². The summed E-state index contributed by atoms with van der Waals surface area (Å²) in [6, 6.07) is 20.5. The Labute approximate surface area is 261 Å². The molecule has 0 spiro atoms. The molecule has 2 aromatic carbocycles. The van der Waals surface area contributed by atoms with Crippen molar-refractivity contribution in [2.24, 2.45) is 4.99 Å². The van der Waals surface area contributed by atoms with Gasteiger partial charge >= 0.3 is 5.97 Å². The van der Waals surface area contributed by atoms with Gasteiger partial charge in [0.15, 0.2) is 0 Å². The van der Waals surface area contributed by atoms with Crippen LogP contribution in [0.5, 0.6) is 0 Å². The molecule has 0 saturated carbocycles. The first kappa shape index (κ1) is 35.0. The number of fused-ring (bicyclic) bond motifs is 2. The quantitative estimate of drug-likeness (QED) is 0.131. The van der Waals surface area contributed by atoms with Crippen molar-refractivity contribution in [3.05, 3.63) is 71.6 Å². The summed E-state index contributed by atoms with van der Waals surface area (Å²) >= 11 is 0. The number of anilines is 1. The fourth-order valence-corrected chi connectivity index (χ4v) is 5.02. The number of rotatable bonds is 12. The van der Waals surface area contributed by atoms with Gasteiger partial charge in [-0.15, -0.1) is 10.2 Å². The molecule has 0 fully saturated rings. The molecule has 0 radical (unpaired) electrons. The van der Waals surface area contributed by atoms with Crippen molar-refractivity contribution in [1.82, 2.24) is 0 Å². The van der Waals surface area contributed by atoms with Crippen molar-refractivity contribution in [3.8, 4) is 22.5 Å². The van der Waals surface area contributed by atoms with E-state index in [4.69, 9.17) is 32.8 Å². The fraction of sp³-hybridized carbons (Fsp3) is 0.412. The number of nitrogens with zero attached hydrogens (tertiary/aromatic N) is 2. The summed E-state index contributed by atoms with van der Waals surface area (Å²) in [7, 11) is -4.94. The van der Waals surface area contributed by atoms with Crippen molar-refractivity contribution in [3.63, 3.8) is 0 Å². The zero-order chi connectivity index (χ0) is 32.3. The van der Waals surface area contributed by atoms with Crippen molar-refractivity contribution in [2.45, 2.75) is 72.8 Å². The minimum Gasteiger partial charge on any atom is -0.462 e. The van der Waals surface area contributed by atoms with E-state index in [9.17, 15) is 4.79 Å². The van der Waals surface area contributed by atoms with E-state index in [0.29, 0.717) is 12.2 Å². The highest BCUT2D eigenvalue weighted by Crippen LogP contribution is 2.42. The zero-order valence-corrected chi connectivity index (χ0v) is 26.9. The predicted molar refractivity (Wildman–Crippen MR) is 162 cm³/mol. The Bertz CT molecular complexity index is 1540. The molecule has 0 aromatic heterocycles. The van der Waals surface area contributed by atoms with Gasteiger partial charge in [0.25, 0.3) is 0 Å². The monoisotopic (exact) mass is 625 g/mol. The third kappa shape index (κ3) is 9.77. The third-order valence-corrected chi connectivity index (χ3v) is 7.43. The Morgan fingerprint density at radius 1 is 0.909 bits per heavy atom. The molecule has 44 heavy (non-hydrogen) atoms. The molecule has 4 rings (SSSR count). The second kappa shape index (κ2) is 16.6. The molecular weight excluding hydrogens is 584 g/mol. The van der Waals surface area contributed by atoms with E-state index in [2.05, 4.69) is 63.8 Å². The maximum absolute atomic E-state index is 13.3. The predicted octanol–water partition coefficient (Wildman–Crippen LogP) is 3.73. The van der Waals surface area contributed by atoms with Crippen LogP contribution in [0.4, 0.5) is 5.69 Å². The summed E-state index contributed by atoms with van der Waals surface area (Å²) in [5.74, 6) is 0.467. The minimum absolute atomic E-state index is 0.226. The number of esters is 1. The topological polar surface area (TPSA) is 147 Å². The highest BCUT2D eigenvalue weighted by atomic mass is 35.7. The molecular formula is C34H42ClN2O7-. The highest BCUT2D eigenvalue weighted by Gasteiger charge is 2.22. The van der Waals surface area contributed by atoms with Crippen LogP contribution in [0.1, 0.15) is 77.1 Å². The molecule has 2 aromatic rings. The van der Waals surface area contributed by atoms with Crippen molar-refractivity contribution < 1.29 is 42.8 Å². The van der Waals surface area contributed by atoms with Crippen LogP contribution >= 0.6 is 0 Å². The van der Waals surface area contributed by atoms with Crippen LogP contribution in [0.2, 0.25) is 0 Å². The Morgan fingerprint density at radius 3 is 2.27 bits per heavy atom. The second-order valence-electron chi connectivity index (χ2n) is 10.5. The lowest BCUT2D eigenvalue weighted by atomic mass is 9.90. The largest absolute Gasteiger partial charge is 0.462 e. The van der Waals surface area contributed by atoms with Gasteiger partial charge in [0, 0.05) is 53.5 Å². The van der Waals surface area contributed by atoms with Crippen LogP contribution in [0, 0.1) is 10.2 Å². The Balaban J connectivity index is 0.000000978. The zero-order valence-electron chi connectivity index (χ0n) is 26.1. The fourth-order valence-electron chi connectivity index (χ4n) is 5.02. The van der Waals surface area contributed by atoms with Crippen LogP contribution in [-0.2, 0) is 4.74 Å². The van der Waals surface area contributed by atoms with Gasteiger partial charge in [0.05, 0.1) is 17.5 Å². The van der Waals surface area contributed by atoms with E-state index in [0.717, 1.165) is 89.7 Å². The number of ether oxygens (including phenoxy) is 1. The molecule has 9 nitrogen and oxygen atoms in total. The molecule has 1 heterocycles. The van der Waals surface area contributed by atoms with Gasteiger partial charge in [-0.05, 0) is 69.5 Å². The van der Waals surface area contributed by atoms with Crippen molar-refractivity contribution in [2.75, 3.05) is 24.6 Å². The number of carbonyl (C=O) groups is 1. The Hall–Kier alpha value is -3.47. The molecule has 2 aliphatic rings. The van der Waals surface area contributed by atoms with Crippen molar-refractivity contribution >= 4 is 22.6 Å². The Kier molecular flexibility index (Phi) is 13.2. The summed E-state index contributed by atoms with van der Waals surface area (Å²) < 4.78 is 46.2. The molecule has 0 bridgehead atoms. The molecule has 0 saturated heterocycles. The first-order chi connectivity index (χ1) is 21.0. The first-order valence-electron chi connectivity index (χ1n) is 15.2. The molecule has 0 amide bonds. The molecule has 1 unspecified atom stereocenters. The summed E-state index contributed by atoms with van der Waals surface area (Å²) in [5, 5.41) is 1.86. The number of carbonyl (C=O) groups excluding carboxylic acids is 1. The van der Waals surface area contributed by atoms with Gasteiger partial charge < -0.3 is 14.1 Å². The number of halogens is 1. The number of hydrogen-bond donors (Lipinski definition) is 0. The standard InChI is InChI=1S/C34H42N2O3.ClHO4/c1-6-10-11-14-21-38-34(37)28-16-13-12-15-27(28)33-29-19-17-25(35-24(5)7-2)22-31(29)39-32-23-26(18-20-30(32)33)36(8-3)9-4;2-1(3,4)5/h12-13,15-20,22-24H,6-11,14,21H2,1-5H3;(H,2,3,4,5)/p-1. The summed E-state index contributed by atoms with van der Waals surface area (Å²) in [6.07, 6.45) is 5.23. The SMILES string of the molecule is CCCCCCOC(=O)c1ccccc1-c1c2ccc(=NC(C)CC)cc-2oc2cc(N(CC)CC)ccc12.[O-][Cl+3]([O-])([O-])[O-]. The lowest BCUT2D eigenvalue weighted by Crippen LogP contribution is -2.68. The Morgan fingerprint density at radius 2 is 1.61 bits per heavy atom. The first-order valence-corrected chi connectivity index (χ1v) is 16.4. The normalized spacial score (nSPS) is 12.6. The van der Waals surface area contributed by atoms with E-state index < -0.39 is 10.2 Å². The van der Waals surface area contributed by atoms with Gasteiger partial charge in [-0.25, -0.2) is 23.4 Å². The number of hydrogen-bond acceptors (Lipinski definition) is 9. The summed E-state index contributed by atoms with van der Waals surface area (Å²) in [6.45, 7) is 13.0. The van der Waals surface area contributed by atoms with E-state index in [1.807, 2.05) is 36.4 Å². The van der Waals surface area contributed by atoms with E-state index >= 15 is 0 Å². The maximum Gasteiger partial charge on any atom is 0.338 e. The minimum atomic E-state index is -4.94. The summed E-state index contributed by atoms with van der Waals surface area (Å²) in [5.41, 5.74) is 5.24. The van der Waals surface area contributed by atoms with Crippen LogP contribution in [-0.4, -0.2) is 31.7 Å². The summed E-state index contributed by atoms with van der Waals surface area (Å²) in [4.78, 5) is 20.4. The molecule has 1 aliphatic heterocycles. The van der Waals surface area contributed by atoms with Crippen LogP contribution < -0.4 is 28.9 Å². The van der Waals surface area contributed by atoms with Crippen LogP contribution in [0.25, 0.3) is 33.4 Å². The molecule has 10 heteroatoms. The lowest BCUT2D eigenvalue weighted by Gasteiger charge is -2.22. The van der Waals surface area contributed by atoms with Crippen LogP contribution in [0.3, 0.4) is 0 Å². The molecule has 0 N–H and O–H groups in total. The number of unbranched alkanes of at least 4 members (excludes halogenated alkanes) is 3. The van der Waals surface area contributed by atoms with E-state index in [-0.39, 0.29) is 12.0 Å². The molecule has 1 atom stereocenters. The van der Waals surface area contributed by atoms with Gasteiger partial charge in [-0.3, -0.25) is 4.99 Å². The second-order valence-corrected chi connectivity index (χ2v) is 11.3. The lowest BCUT2D eigenvalue weighted by molar-refractivity contribution is -2.00. The third-order valence-electron chi connectivity index (χ3n) is 7.43. The van der Waals surface area contributed by atoms with E-state index in [1.165, 1.54) is 0 Å². The van der Waals surface area contributed by atoms with Gasteiger partial charge in [0.1, 0.15) is 11.3 Å². The molecule has 238 valence electrons. The van der Waals surface area contributed by atoms with Crippen molar-refractivity contribution in [1.29, 1.82) is 0 Å². The van der Waals surface area contributed by atoms with Gasteiger partial charge in [-0.2, -0.15) is 0 Å². The molecule has 1 aliphatic carbocycles.